The molecule has 1 aromatic heterocycles. The number of aromatic nitrogens is 1. The summed E-state index contributed by atoms with van der Waals surface area (Å²) in [6, 6.07) is 3.74. The standard InChI is InChI=1S/C13H14N2O/c1-4-6-12-11(9-14)8-13(10(3)16)15(12)7-5-2/h2,8H,4,6-7H2,1,3H3. The summed E-state index contributed by atoms with van der Waals surface area (Å²) >= 11 is 0. The molecule has 3 heteroatoms. The number of Topliss-reactive ketones (excluding diaryl/α,β-unsaturated/α-hetero) is 1. The molecule has 0 spiro atoms. The Bertz CT molecular complexity index is 483. The predicted molar refractivity (Wildman–Crippen MR) is 62.0 cm³/mol. The maximum absolute atomic E-state index is 11.4. The molecule has 82 valence electrons. The highest BCUT2D eigenvalue weighted by Gasteiger charge is 2.16. The molecule has 0 N–H and O–H groups in total. The molecule has 0 aliphatic carbocycles. The average molecular weight is 214 g/mol. The van der Waals surface area contributed by atoms with E-state index < -0.39 is 0 Å². The zero-order valence-electron chi connectivity index (χ0n) is 9.58. The summed E-state index contributed by atoms with van der Waals surface area (Å²) in [5.74, 6) is 2.46. The Morgan fingerprint density at radius 3 is 2.75 bits per heavy atom. The third kappa shape index (κ3) is 2.15. The number of carbonyl (C=O) groups excluding carboxylic acids is 1. The third-order valence-corrected chi connectivity index (χ3v) is 2.43. The van der Waals surface area contributed by atoms with Gasteiger partial charge in [-0.15, -0.1) is 6.42 Å². The lowest BCUT2D eigenvalue weighted by atomic mass is 10.2. The van der Waals surface area contributed by atoms with Crippen LogP contribution in [0.2, 0.25) is 0 Å². The quantitative estimate of drug-likeness (QED) is 0.569. The summed E-state index contributed by atoms with van der Waals surface area (Å²) in [6.45, 7) is 3.85. The Morgan fingerprint density at radius 1 is 1.62 bits per heavy atom. The SMILES string of the molecule is C#CCn1c(C(C)=O)cc(C#N)c1CCC. The molecule has 0 bridgehead atoms. The predicted octanol–water partition coefficient (Wildman–Crippen LogP) is 2.15. The molecule has 0 atom stereocenters. The molecule has 0 aliphatic rings. The van der Waals surface area contributed by atoms with E-state index in [9.17, 15) is 4.79 Å². The molecule has 1 heterocycles. The molecule has 0 aromatic carbocycles. The van der Waals surface area contributed by atoms with Crippen molar-refractivity contribution in [1.82, 2.24) is 4.57 Å². The van der Waals surface area contributed by atoms with Crippen molar-refractivity contribution in [3.8, 4) is 18.4 Å². The number of hydrogen-bond donors (Lipinski definition) is 0. The minimum Gasteiger partial charge on any atom is -0.329 e. The van der Waals surface area contributed by atoms with Gasteiger partial charge in [-0.05, 0) is 12.5 Å². The van der Waals surface area contributed by atoms with E-state index in [-0.39, 0.29) is 5.78 Å². The molecule has 0 fully saturated rings. The van der Waals surface area contributed by atoms with Gasteiger partial charge < -0.3 is 4.57 Å². The van der Waals surface area contributed by atoms with Crippen molar-refractivity contribution in [2.75, 3.05) is 0 Å². The smallest absolute Gasteiger partial charge is 0.176 e. The Balaban J connectivity index is 3.37. The number of ketones is 1. The highest BCUT2D eigenvalue weighted by molar-refractivity contribution is 5.93. The molecule has 0 aliphatic heterocycles. The van der Waals surface area contributed by atoms with Crippen molar-refractivity contribution in [3.63, 3.8) is 0 Å². The van der Waals surface area contributed by atoms with Gasteiger partial charge in [-0.1, -0.05) is 19.3 Å². The first-order valence-corrected chi connectivity index (χ1v) is 5.22. The van der Waals surface area contributed by atoms with Gasteiger partial charge in [0, 0.05) is 12.6 Å². The molecule has 0 radical (unpaired) electrons. The van der Waals surface area contributed by atoms with Gasteiger partial charge in [0.25, 0.3) is 0 Å². The van der Waals surface area contributed by atoms with E-state index >= 15 is 0 Å². The van der Waals surface area contributed by atoms with E-state index in [1.165, 1.54) is 6.92 Å². The van der Waals surface area contributed by atoms with Gasteiger partial charge in [-0.3, -0.25) is 4.79 Å². The lowest BCUT2D eigenvalue weighted by Crippen LogP contribution is -2.09. The van der Waals surface area contributed by atoms with E-state index in [1.807, 2.05) is 6.92 Å². The largest absolute Gasteiger partial charge is 0.329 e. The van der Waals surface area contributed by atoms with E-state index in [2.05, 4.69) is 12.0 Å². The molecular formula is C13H14N2O. The van der Waals surface area contributed by atoms with Crippen LogP contribution in [0.15, 0.2) is 6.07 Å². The zero-order chi connectivity index (χ0) is 12.1. The number of carbonyl (C=O) groups is 1. The van der Waals surface area contributed by atoms with Crippen LogP contribution < -0.4 is 0 Å². The fraction of sp³-hybridized carbons (Fsp3) is 0.385. The topological polar surface area (TPSA) is 45.8 Å². The summed E-state index contributed by atoms with van der Waals surface area (Å²) in [5.41, 5.74) is 1.95. The van der Waals surface area contributed by atoms with Crippen LogP contribution in [0.4, 0.5) is 0 Å². The van der Waals surface area contributed by atoms with Gasteiger partial charge in [0.2, 0.25) is 0 Å². The van der Waals surface area contributed by atoms with Crippen LogP contribution in [0.3, 0.4) is 0 Å². The fourth-order valence-corrected chi connectivity index (χ4v) is 1.76. The van der Waals surface area contributed by atoms with Crippen LogP contribution in [0.25, 0.3) is 0 Å². The summed E-state index contributed by atoms with van der Waals surface area (Å²) in [5, 5.41) is 9.01. The Labute approximate surface area is 95.7 Å². The molecule has 0 saturated heterocycles. The van der Waals surface area contributed by atoms with Crippen molar-refractivity contribution in [2.45, 2.75) is 33.2 Å². The van der Waals surface area contributed by atoms with Crippen molar-refractivity contribution in [1.29, 1.82) is 5.26 Å². The number of hydrogen-bond acceptors (Lipinski definition) is 2. The van der Waals surface area contributed by atoms with E-state index in [4.69, 9.17) is 11.7 Å². The fourth-order valence-electron chi connectivity index (χ4n) is 1.76. The van der Waals surface area contributed by atoms with Crippen LogP contribution in [-0.2, 0) is 13.0 Å². The molecule has 0 unspecified atom stereocenters. The second-order valence-electron chi connectivity index (χ2n) is 3.60. The number of terminal acetylenes is 1. The molecular weight excluding hydrogens is 200 g/mol. The van der Waals surface area contributed by atoms with E-state index in [0.717, 1.165) is 18.5 Å². The van der Waals surface area contributed by atoms with Crippen molar-refractivity contribution >= 4 is 5.78 Å². The highest BCUT2D eigenvalue weighted by Crippen LogP contribution is 2.18. The molecule has 1 rings (SSSR count). The first-order chi connectivity index (χ1) is 7.65. The second kappa shape index (κ2) is 5.19. The van der Waals surface area contributed by atoms with Gasteiger partial charge in [0.05, 0.1) is 17.8 Å². The average Bonchev–Trinajstić information content (AvgIpc) is 2.59. The van der Waals surface area contributed by atoms with Crippen LogP contribution >= 0.6 is 0 Å². The summed E-state index contributed by atoms with van der Waals surface area (Å²) in [7, 11) is 0. The number of nitriles is 1. The number of nitrogens with zero attached hydrogens (tertiary/aromatic N) is 2. The lowest BCUT2D eigenvalue weighted by Gasteiger charge is -2.08. The van der Waals surface area contributed by atoms with Crippen LogP contribution in [0, 0.1) is 23.7 Å². The van der Waals surface area contributed by atoms with Crippen molar-refractivity contribution in [2.24, 2.45) is 0 Å². The maximum Gasteiger partial charge on any atom is 0.176 e. The maximum atomic E-state index is 11.4. The molecule has 0 amide bonds. The number of rotatable bonds is 4. The first-order valence-electron chi connectivity index (χ1n) is 5.22. The van der Waals surface area contributed by atoms with Gasteiger partial charge in [-0.25, -0.2) is 0 Å². The van der Waals surface area contributed by atoms with Crippen LogP contribution in [0.1, 0.15) is 42.0 Å². The Hall–Kier alpha value is -2.00. The van der Waals surface area contributed by atoms with Gasteiger partial charge in [0.15, 0.2) is 5.78 Å². The molecule has 16 heavy (non-hydrogen) atoms. The Morgan fingerprint density at radius 2 is 2.31 bits per heavy atom. The van der Waals surface area contributed by atoms with E-state index in [1.54, 1.807) is 10.6 Å². The third-order valence-electron chi connectivity index (χ3n) is 2.43. The second-order valence-corrected chi connectivity index (χ2v) is 3.60. The minimum atomic E-state index is -0.0610. The van der Waals surface area contributed by atoms with Crippen LogP contribution in [0.5, 0.6) is 0 Å². The Kier molecular flexibility index (Phi) is 3.91. The molecule has 0 saturated carbocycles. The van der Waals surface area contributed by atoms with Gasteiger partial charge in [0.1, 0.15) is 6.07 Å². The summed E-state index contributed by atoms with van der Waals surface area (Å²) in [4.78, 5) is 11.4. The van der Waals surface area contributed by atoms with Crippen molar-refractivity contribution < 1.29 is 4.79 Å². The first kappa shape index (κ1) is 12.1. The van der Waals surface area contributed by atoms with Crippen molar-refractivity contribution in [3.05, 3.63) is 23.0 Å². The lowest BCUT2D eigenvalue weighted by molar-refractivity contribution is 0.100. The van der Waals surface area contributed by atoms with E-state index in [0.29, 0.717) is 17.8 Å². The van der Waals surface area contributed by atoms with Gasteiger partial charge in [-0.2, -0.15) is 5.26 Å². The normalized spacial score (nSPS) is 9.50. The summed E-state index contributed by atoms with van der Waals surface area (Å²) in [6.07, 6.45) is 6.96. The summed E-state index contributed by atoms with van der Waals surface area (Å²) < 4.78 is 1.77. The zero-order valence-corrected chi connectivity index (χ0v) is 9.58. The van der Waals surface area contributed by atoms with Gasteiger partial charge >= 0.3 is 0 Å². The minimum absolute atomic E-state index is 0.0610. The monoisotopic (exact) mass is 214 g/mol. The van der Waals surface area contributed by atoms with Crippen LogP contribution in [-0.4, -0.2) is 10.4 Å². The highest BCUT2D eigenvalue weighted by atomic mass is 16.1. The molecule has 1 aromatic rings. The molecule has 3 nitrogen and oxygen atoms in total.